The second-order valence-electron chi connectivity index (χ2n) is 4.91. The minimum absolute atomic E-state index is 0.0126. The highest BCUT2D eigenvalue weighted by molar-refractivity contribution is 6.05. The molecular weight excluding hydrogens is 314 g/mol. The predicted molar refractivity (Wildman–Crippen MR) is 83.2 cm³/mol. The first kappa shape index (κ1) is 15.3. The first-order valence-electron chi connectivity index (χ1n) is 6.98. The maximum Gasteiger partial charge on any atom is 0.296 e. The molecule has 24 heavy (non-hydrogen) atoms. The average Bonchev–Trinajstić information content (AvgIpc) is 2.61. The van der Waals surface area contributed by atoms with Crippen LogP contribution in [0.4, 0.5) is 11.4 Å². The van der Waals surface area contributed by atoms with E-state index < -0.39 is 10.8 Å². The monoisotopic (exact) mass is 325 g/mol. The van der Waals surface area contributed by atoms with E-state index in [1.807, 2.05) is 6.07 Å². The van der Waals surface area contributed by atoms with Crippen molar-refractivity contribution in [3.8, 4) is 17.6 Å². The number of nitro benzene ring substituents is 1. The fourth-order valence-electron chi connectivity index (χ4n) is 2.22. The van der Waals surface area contributed by atoms with Gasteiger partial charge in [-0.05, 0) is 24.3 Å². The Labute approximate surface area is 136 Å². The van der Waals surface area contributed by atoms with Crippen LogP contribution in [0, 0.1) is 21.4 Å². The molecule has 1 aliphatic heterocycles. The smallest absolute Gasteiger partial charge is 0.296 e. The number of nitrogens with zero attached hydrogens (tertiary/aromatic N) is 2. The second-order valence-corrected chi connectivity index (χ2v) is 4.91. The number of hydrogen-bond acceptors (Lipinski definition) is 6. The molecule has 0 saturated carbocycles. The number of nitro groups is 1. The molecule has 8 heteroatoms. The van der Waals surface area contributed by atoms with E-state index in [0.29, 0.717) is 24.5 Å². The zero-order valence-electron chi connectivity index (χ0n) is 12.3. The van der Waals surface area contributed by atoms with E-state index >= 15 is 0 Å². The zero-order chi connectivity index (χ0) is 17.1. The van der Waals surface area contributed by atoms with Gasteiger partial charge in [-0.1, -0.05) is 0 Å². The van der Waals surface area contributed by atoms with Gasteiger partial charge < -0.3 is 14.8 Å². The number of anilines is 1. The molecule has 0 bridgehead atoms. The van der Waals surface area contributed by atoms with Gasteiger partial charge in [0, 0.05) is 11.6 Å². The Bertz CT molecular complexity index is 855. The van der Waals surface area contributed by atoms with E-state index in [9.17, 15) is 14.9 Å². The lowest BCUT2D eigenvalue weighted by molar-refractivity contribution is -0.384. The van der Waals surface area contributed by atoms with Gasteiger partial charge in [0.25, 0.3) is 11.6 Å². The topological polar surface area (TPSA) is 114 Å². The summed E-state index contributed by atoms with van der Waals surface area (Å²) in [5, 5.41) is 22.5. The molecule has 120 valence electrons. The molecule has 0 saturated heterocycles. The van der Waals surface area contributed by atoms with Crippen LogP contribution in [-0.4, -0.2) is 24.0 Å². The van der Waals surface area contributed by atoms with Gasteiger partial charge >= 0.3 is 0 Å². The lowest BCUT2D eigenvalue weighted by Crippen LogP contribution is -2.17. The standard InChI is InChI=1S/C16H11N3O5/c17-9-10-1-3-11(4-2-10)16(20)18-12-7-14-15(24-6-5-23-14)8-13(12)19(21)22/h1-4,7-8H,5-6H2,(H,18,20). The van der Waals surface area contributed by atoms with Gasteiger partial charge in [0.2, 0.25) is 0 Å². The molecule has 0 unspecified atom stereocenters. The molecule has 1 N–H and O–H groups in total. The van der Waals surface area contributed by atoms with E-state index in [-0.39, 0.29) is 22.7 Å². The molecule has 2 aromatic carbocycles. The van der Waals surface area contributed by atoms with Gasteiger partial charge in [-0.2, -0.15) is 5.26 Å². The highest BCUT2D eigenvalue weighted by Gasteiger charge is 2.23. The number of hydrogen-bond donors (Lipinski definition) is 1. The first-order chi connectivity index (χ1) is 11.6. The SMILES string of the molecule is N#Cc1ccc(C(=O)Nc2cc3c(cc2[N+](=O)[O-])OCCO3)cc1. The fraction of sp³-hybridized carbons (Fsp3) is 0.125. The van der Waals surface area contributed by atoms with E-state index in [1.165, 1.54) is 36.4 Å². The molecular formula is C16H11N3O5. The number of carbonyl (C=O) groups excluding carboxylic acids is 1. The third-order valence-corrected chi connectivity index (χ3v) is 3.38. The fourth-order valence-corrected chi connectivity index (χ4v) is 2.22. The Morgan fingerprint density at radius 1 is 1.17 bits per heavy atom. The predicted octanol–water partition coefficient (Wildman–Crippen LogP) is 2.49. The quantitative estimate of drug-likeness (QED) is 0.685. The highest BCUT2D eigenvalue weighted by atomic mass is 16.6. The van der Waals surface area contributed by atoms with Crippen LogP contribution < -0.4 is 14.8 Å². The highest BCUT2D eigenvalue weighted by Crippen LogP contribution is 2.39. The van der Waals surface area contributed by atoms with Crippen LogP contribution in [0.1, 0.15) is 15.9 Å². The van der Waals surface area contributed by atoms with Crippen molar-refractivity contribution in [3.63, 3.8) is 0 Å². The second kappa shape index (κ2) is 6.26. The lowest BCUT2D eigenvalue weighted by atomic mass is 10.1. The number of fused-ring (bicyclic) bond motifs is 1. The Kier molecular flexibility index (Phi) is 3.99. The number of nitrogens with one attached hydrogen (secondary N) is 1. The van der Waals surface area contributed by atoms with Crippen molar-refractivity contribution in [1.82, 2.24) is 0 Å². The number of ether oxygens (including phenoxy) is 2. The third-order valence-electron chi connectivity index (χ3n) is 3.38. The van der Waals surface area contributed by atoms with Crippen molar-refractivity contribution in [3.05, 3.63) is 57.6 Å². The molecule has 0 fully saturated rings. The summed E-state index contributed by atoms with van der Waals surface area (Å²) in [7, 11) is 0. The van der Waals surface area contributed by atoms with Gasteiger partial charge in [-0.15, -0.1) is 0 Å². The van der Waals surface area contributed by atoms with Crippen LogP contribution >= 0.6 is 0 Å². The number of rotatable bonds is 3. The Morgan fingerprint density at radius 2 is 1.79 bits per heavy atom. The van der Waals surface area contributed by atoms with Gasteiger partial charge in [0.15, 0.2) is 11.5 Å². The van der Waals surface area contributed by atoms with E-state index in [4.69, 9.17) is 14.7 Å². The van der Waals surface area contributed by atoms with Crippen molar-refractivity contribution >= 4 is 17.3 Å². The summed E-state index contributed by atoms with van der Waals surface area (Å²) in [4.78, 5) is 22.9. The summed E-state index contributed by atoms with van der Waals surface area (Å²) < 4.78 is 10.7. The first-order valence-corrected chi connectivity index (χ1v) is 6.98. The van der Waals surface area contributed by atoms with Crippen molar-refractivity contribution < 1.29 is 19.2 Å². The third kappa shape index (κ3) is 2.96. The van der Waals surface area contributed by atoms with Gasteiger partial charge in [-0.3, -0.25) is 14.9 Å². The zero-order valence-corrected chi connectivity index (χ0v) is 12.3. The minimum atomic E-state index is -0.605. The van der Waals surface area contributed by atoms with Crippen LogP contribution in [0.15, 0.2) is 36.4 Å². The van der Waals surface area contributed by atoms with E-state index in [1.54, 1.807) is 0 Å². The van der Waals surface area contributed by atoms with E-state index in [0.717, 1.165) is 0 Å². The lowest BCUT2D eigenvalue weighted by Gasteiger charge is -2.19. The number of nitriles is 1. The largest absolute Gasteiger partial charge is 0.486 e. The van der Waals surface area contributed by atoms with Crippen molar-refractivity contribution in [1.29, 1.82) is 5.26 Å². The normalized spacial score (nSPS) is 12.1. The summed E-state index contributed by atoms with van der Waals surface area (Å²) >= 11 is 0. The van der Waals surface area contributed by atoms with Gasteiger partial charge in [0.1, 0.15) is 18.9 Å². The average molecular weight is 325 g/mol. The number of carbonyl (C=O) groups is 1. The molecule has 2 aromatic rings. The molecule has 8 nitrogen and oxygen atoms in total. The van der Waals surface area contributed by atoms with Crippen LogP contribution in [0.5, 0.6) is 11.5 Å². The van der Waals surface area contributed by atoms with Crippen LogP contribution in [-0.2, 0) is 0 Å². The molecule has 0 spiro atoms. The minimum Gasteiger partial charge on any atom is -0.486 e. The molecule has 0 aromatic heterocycles. The number of benzene rings is 2. The maximum atomic E-state index is 12.3. The van der Waals surface area contributed by atoms with Crippen molar-refractivity contribution in [2.45, 2.75) is 0 Å². The molecule has 1 aliphatic rings. The van der Waals surface area contributed by atoms with Crippen molar-refractivity contribution in [2.75, 3.05) is 18.5 Å². The van der Waals surface area contributed by atoms with E-state index in [2.05, 4.69) is 5.32 Å². The molecule has 0 radical (unpaired) electrons. The van der Waals surface area contributed by atoms with Crippen LogP contribution in [0.2, 0.25) is 0 Å². The summed E-state index contributed by atoms with van der Waals surface area (Å²) in [6.07, 6.45) is 0. The molecule has 1 heterocycles. The Balaban J connectivity index is 1.91. The van der Waals surface area contributed by atoms with Gasteiger partial charge in [0.05, 0.1) is 22.6 Å². The Morgan fingerprint density at radius 3 is 2.38 bits per heavy atom. The molecule has 0 atom stereocenters. The van der Waals surface area contributed by atoms with Crippen LogP contribution in [0.3, 0.4) is 0 Å². The van der Waals surface area contributed by atoms with Crippen molar-refractivity contribution in [2.24, 2.45) is 0 Å². The molecule has 1 amide bonds. The summed E-state index contributed by atoms with van der Waals surface area (Å²) in [5.41, 5.74) is 0.412. The maximum absolute atomic E-state index is 12.3. The summed E-state index contributed by atoms with van der Waals surface area (Å²) in [6, 6.07) is 10.5. The summed E-state index contributed by atoms with van der Waals surface area (Å²) in [6.45, 7) is 0.634. The Hall–Kier alpha value is -3.60. The summed E-state index contributed by atoms with van der Waals surface area (Å²) in [5.74, 6) is 0.0746. The molecule has 3 rings (SSSR count). The van der Waals surface area contributed by atoms with Crippen LogP contribution in [0.25, 0.3) is 0 Å². The number of amides is 1. The molecule has 0 aliphatic carbocycles. The van der Waals surface area contributed by atoms with Gasteiger partial charge in [-0.25, -0.2) is 0 Å².